The van der Waals surface area contributed by atoms with Crippen molar-refractivity contribution in [2.75, 3.05) is 0 Å². The fourth-order valence-corrected chi connectivity index (χ4v) is 3.31. The van der Waals surface area contributed by atoms with Gasteiger partial charge in [-0.05, 0) is 5.92 Å². The van der Waals surface area contributed by atoms with Gasteiger partial charge in [0.2, 0.25) is 0 Å². The summed E-state index contributed by atoms with van der Waals surface area (Å²) in [6.45, 7) is 3.07. The van der Waals surface area contributed by atoms with Crippen molar-refractivity contribution >= 4 is 64.2 Å². The highest BCUT2D eigenvalue weighted by Crippen LogP contribution is 2.45. The van der Waals surface area contributed by atoms with Crippen LogP contribution in [0.25, 0.3) is 0 Å². The Hall–Kier alpha value is -1.01. The SMILES string of the molecule is CC(C)[C@H](C(=O)[O-])N1C(=O)c2c(Cl)c(Cl)c(Cl)c(Cl)c2C1=O. The Morgan fingerprint density at radius 1 is 0.909 bits per heavy atom. The van der Waals surface area contributed by atoms with E-state index in [4.69, 9.17) is 46.4 Å². The molecule has 2 rings (SSSR count). The number of benzene rings is 1. The van der Waals surface area contributed by atoms with Gasteiger partial charge in [-0.25, -0.2) is 0 Å². The van der Waals surface area contributed by atoms with Gasteiger partial charge >= 0.3 is 0 Å². The molecule has 0 spiro atoms. The number of rotatable bonds is 3. The van der Waals surface area contributed by atoms with Crippen LogP contribution in [0.2, 0.25) is 20.1 Å². The third kappa shape index (κ3) is 2.36. The van der Waals surface area contributed by atoms with Gasteiger partial charge in [-0.15, -0.1) is 0 Å². The van der Waals surface area contributed by atoms with Gasteiger partial charge in [-0.1, -0.05) is 60.3 Å². The summed E-state index contributed by atoms with van der Waals surface area (Å²) < 4.78 is 0. The molecule has 22 heavy (non-hydrogen) atoms. The molecule has 0 bridgehead atoms. The van der Waals surface area contributed by atoms with Crippen molar-refractivity contribution in [3.05, 3.63) is 31.2 Å². The summed E-state index contributed by atoms with van der Waals surface area (Å²) in [7, 11) is 0. The van der Waals surface area contributed by atoms with E-state index < -0.39 is 29.7 Å². The molecule has 1 atom stereocenters. The van der Waals surface area contributed by atoms with Crippen LogP contribution in [0.5, 0.6) is 0 Å². The topological polar surface area (TPSA) is 77.5 Å². The monoisotopic (exact) mass is 382 g/mol. The lowest BCUT2D eigenvalue weighted by atomic mass is 10.0. The Labute approximate surface area is 145 Å². The molecule has 0 saturated carbocycles. The molecule has 1 heterocycles. The summed E-state index contributed by atoms with van der Waals surface area (Å²) in [6, 6.07) is -1.46. The first kappa shape index (κ1) is 17.3. The highest BCUT2D eigenvalue weighted by atomic mass is 35.5. The molecule has 1 aliphatic rings. The minimum atomic E-state index is -1.56. The van der Waals surface area contributed by atoms with Crippen LogP contribution < -0.4 is 5.11 Å². The van der Waals surface area contributed by atoms with Crippen LogP contribution in [0, 0.1) is 5.92 Å². The van der Waals surface area contributed by atoms with Crippen LogP contribution in [-0.2, 0) is 4.79 Å². The molecule has 0 aliphatic carbocycles. The quantitative estimate of drug-likeness (QED) is 0.456. The lowest BCUT2D eigenvalue weighted by Gasteiger charge is -2.30. The number of nitrogens with zero attached hydrogens (tertiary/aromatic N) is 1. The first-order valence-corrected chi connectivity index (χ1v) is 7.57. The van der Waals surface area contributed by atoms with Crippen LogP contribution in [0.3, 0.4) is 0 Å². The van der Waals surface area contributed by atoms with Crippen molar-refractivity contribution in [3.63, 3.8) is 0 Å². The van der Waals surface area contributed by atoms with Crippen LogP contribution in [-0.4, -0.2) is 28.7 Å². The average molecular weight is 384 g/mol. The van der Waals surface area contributed by atoms with Crippen molar-refractivity contribution in [1.82, 2.24) is 4.90 Å². The standard InChI is InChI=1S/C13H9Cl4NO4/c1-3(2)10(13(21)22)18-11(19)4-5(12(18)20)7(15)9(17)8(16)6(4)14/h3,10H,1-2H3,(H,21,22)/p-1/t10-/m1/s1. The molecule has 118 valence electrons. The summed E-state index contributed by atoms with van der Waals surface area (Å²) in [5.41, 5.74) is -0.504. The van der Waals surface area contributed by atoms with Crippen LogP contribution >= 0.6 is 46.4 Å². The molecule has 0 radical (unpaired) electrons. The zero-order chi connectivity index (χ0) is 16.9. The lowest BCUT2D eigenvalue weighted by molar-refractivity contribution is -0.311. The maximum absolute atomic E-state index is 12.5. The molecule has 5 nitrogen and oxygen atoms in total. The molecular formula is C13H8Cl4NO4-. The average Bonchev–Trinajstić information content (AvgIpc) is 2.67. The van der Waals surface area contributed by atoms with E-state index in [0.717, 1.165) is 0 Å². The van der Waals surface area contributed by atoms with Crippen molar-refractivity contribution in [1.29, 1.82) is 0 Å². The van der Waals surface area contributed by atoms with Gasteiger partial charge in [0.05, 0.1) is 43.2 Å². The number of carbonyl (C=O) groups is 3. The number of carboxylic acid groups (broad SMARTS) is 1. The third-order valence-electron chi connectivity index (χ3n) is 3.28. The van der Waals surface area contributed by atoms with E-state index in [-0.39, 0.29) is 31.2 Å². The molecule has 1 aromatic rings. The van der Waals surface area contributed by atoms with Crippen LogP contribution in [0.1, 0.15) is 34.6 Å². The van der Waals surface area contributed by atoms with Gasteiger partial charge in [0.25, 0.3) is 11.8 Å². The summed E-state index contributed by atoms with van der Waals surface area (Å²) in [5.74, 6) is -3.92. The van der Waals surface area contributed by atoms with Gasteiger partial charge in [-0.3, -0.25) is 14.5 Å². The number of hydrogen-bond acceptors (Lipinski definition) is 4. The van der Waals surface area contributed by atoms with E-state index in [0.29, 0.717) is 4.90 Å². The minimum absolute atomic E-state index is 0.176. The Morgan fingerprint density at radius 2 is 1.27 bits per heavy atom. The number of imide groups is 1. The van der Waals surface area contributed by atoms with Gasteiger partial charge < -0.3 is 9.90 Å². The maximum atomic E-state index is 12.5. The van der Waals surface area contributed by atoms with Crippen molar-refractivity contribution in [3.8, 4) is 0 Å². The van der Waals surface area contributed by atoms with Crippen molar-refractivity contribution in [2.45, 2.75) is 19.9 Å². The number of aliphatic carboxylic acids is 1. The van der Waals surface area contributed by atoms with Crippen molar-refractivity contribution < 1.29 is 19.5 Å². The van der Waals surface area contributed by atoms with Gasteiger partial charge in [-0.2, -0.15) is 0 Å². The smallest absolute Gasteiger partial charge is 0.263 e. The van der Waals surface area contributed by atoms with E-state index >= 15 is 0 Å². The number of fused-ring (bicyclic) bond motifs is 1. The van der Waals surface area contributed by atoms with Crippen LogP contribution in [0.4, 0.5) is 0 Å². The number of halogens is 4. The maximum Gasteiger partial charge on any atom is 0.263 e. The fraction of sp³-hybridized carbons (Fsp3) is 0.308. The highest BCUT2D eigenvalue weighted by Gasteiger charge is 2.45. The summed E-state index contributed by atoms with van der Waals surface area (Å²) in [4.78, 5) is 36.8. The second kappa shape index (κ2) is 5.89. The molecular weight excluding hydrogens is 376 g/mol. The second-order valence-electron chi connectivity index (χ2n) is 4.99. The van der Waals surface area contributed by atoms with Crippen LogP contribution in [0.15, 0.2) is 0 Å². The molecule has 9 heteroatoms. The molecule has 0 aromatic heterocycles. The molecule has 0 saturated heterocycles. The number of carboxylic acids is 1. The number of hydrogen-bond donors (Lipinski definition) is 0. The van der Waals surface area contributed by atoms with Gasteiger partial charge in [0.1, 0.15) is 0 Å². The molecule has 2 amide bonds. The Balaban J connectivity index is 2.71. The number of carbonyl (C=O) groups excluding carboxylic acids is 3. The highest BCUT2D eigenvalue weighted by molar-refractivity contribution is 6.55. The minimum Gasteiger partial charge on any atom is -0.548 e. The van der Waals surface area contributed by atoms with E-state index in [9.17, 15) is 19.5 Å². The molecule has 1 aliphatic heterocycles. The summed E-state index contributed by atoms with van der Waals surface area (Å²) >= 11 is 23.7. The Morgan fingerprint density at radius 3 is 1.55 bits per heavy atom. The van der Waals surface area contributed by atoms with Gasteiger partial charge in [0.15, 0.2) is 0 Å². The lowest BCUT2D eigenvalue weighted by Crippen LogP contribution is -2.53. The fourth-order valence-electron chi connectivity index (χ4n) is 2.29. The first-order valence-electron chi connectivity index (χ1n) is 6.05. The first-order chi connectivity index (χ1) is 10.1. The van der Waals surface area contributed by atoms with Crippen molar-refractivity contribution in [2.24, 2.45) is 5.92 Å². The zero-order valence-corrected chi connectivity index (χ0v) is 14.3. The normalized spacial score (nSPS) is 15.5. The Kier molecular flexibility index (Phi) is 4.64. The molecule has 0 fully saturated rings. The van der Waals surface area contributed by atoms with E-state index in [1.54, 1.807) is 0 Å². The second-order valence-corrected chi connectivity index (χ2v) is 6.51. The molecule has 0 unspecified atom stereocenters. The molecule has 1 aromatic carbocycles. The predicted molar refractivity (Wildman–Crippen MR) is 80.6 cm³/mol. The summed E-state index contributed by atoms with van der Waals surface area (Å²) in [6.07, 6.45) is 0. The molecule has 0 N–H and O–H groups in total. The summed E-state index contributed by atoms with van der Waals surface area (Å²) in [5, 5.41) is 10.5. The predicted octanol–water partition coefficient (Wildman–Crippen LogP) is 2.67. The van der Waals surface area contributed by atoms with E-state index in [1.165, 1.54) is 13.8 Å². The van der Waals surface area contributed by atoms with Gasteiger partial charge in [0, 0.05) is 0 Å². The zero-order valence-electron chi connectivity index (χ0n) is 11.2. The Bertz CT molecular complexity index is 670. The number of amides is 2. The van der Waals surface area contributed by atoms with E-state index in [2.05, 4.69) is 0 Å². The third-order valence-corrected chi connectivity index (χ3v) is 5.09. The van der Waals surface area contributed by atoms with E-state index in [1.807, 2.05) is 0 Å². The largest absolute Gasteiger partial charge is 0.548 e.